The van der Waals surface area contributed by atoms with Gasteiger partial charge in [0.25, 0.3) is 0 Å². The van der Waals surface area contributed by atoms with E-state index in [1.54, 1.807) is 72.8 Å². The first-order valence-electron chi connectivity index (χ1n) is 8.83. The van der Waals surface area contributed by atoms with Crippen molar-refractivity contribution in [2.45, 2.75) is 0 Å². The maximum Gasteiger partial charge on any atom is 0.323 e. The number of amides is 4. The van der Waals surface area contributed by atoms with Crippen LogP contribution in [0, 0.1) is 22.7 Å². The van der Waals surface area contributed by atoms with Crippen molar-refractivity contribution in [1.82, 2.24) is 0 Å². The second-order valence-corrected chi connectivity index (χ2v) is 6.09. The van der Waals surface area contributed by atoms with E-state index in [1.165, 1.54) is 0 Å². The summed E-state index contributed by atoms with van der Waals surface area (Å²) in [5.74, 6) is 0. The molecule has 3 aromatic carbocycles. The number of hydrogen-bond acceptors (Lipinski definition) is 4. The first-order valence-corrected chi connectivity index (χ1v) is 8.83. The fourth-order valence-electron chi connectivity index (χ4n) is 2.60. The molecule has 0 bridgehead atoms. The highest BCUT2D eigenvalue weighted by molar-refractivity contribution is 6.06. The average Bonchev–Trinajstić information content (AvgIpc) is 2.75. The minimum Gasteiger partial charge on any atom is -0.308 e. The molecule has 8 nitrogen and oxygen atoms in total. The Morgan fingerprint density at radius 1 is 0.600 bits per heavy atom. The van der Waals surface area contributed by atoms with Crippen LogP contribution < -0.4 is 21.3 Å². The van der Waals surface area contributed by atoms with Crippen molar-refractivity contribution >= 4 is 34.8 Å². The largest absolute Gasteiger partial charge is 0.323 e. The van der Waals surface area contributed by atoms with Gasteiger partial charge in [-0.25, -0.2) is 9.59 Å². The van der Waals surface area contributed by atoms with E-state index in [9.17, 15) is 9.59 Å². The molecule has 146 valence electrons. The Morgan fingerprint density at radius 2 is 1.03 bits per heavy atom. The maximum atomic E-state index is 12.3. The standard InChI is InChI=1S/C22H16N6O2/c23-13-15-5-3-7-17(11-15)25-21(29)27-19-9-1-2-10-20(19)28-22(30)26-18-8-4-6-16(12-18)14-24/h1-12H,(H2,25,27,29)(H2,26,28,30). The predicted molar refractivity (Wildman–Crippen MR) is 114 cm³/mol. The molecule has 0 atom stereocenters. The van der Waals surface area contributed by atoms with Crippen LogP contribution in [-0.2, 0) is 0 Å². The lowest BCUT2D eigenvalue weighted by atomic mass is 10.2. The van der Waals surface area contributed by atoms with Crippen LogP contribution in [0.3, 0.4) is 0 Å². The van der Waals surface area contributed by atoms with Crippen molar-refractivity contribution in [2.24, 2.45) is 0 Å². The third-order valence-corrected chi connectivity index (χ3v) is 3.92. The van der Waals surface area contributed by atoms with E-state index < -0.39 is 12.1 Å². The molecule has 0 aliphatic rings. The van der Waals surface area contributed by atoms with Crippen molar-refractivity contribution in [1.29, 1.82) is 10.5 Å². The van der Waals surface area contributed by atoms with E-state index in [1.807, 2.05) is 12.1 Å². The summed E-state index contributed by atoms with van der Waals surface area (Å²) in [7, 11) is 0. The lowest BCUT2D eigenvalue weighted by Crippen LogP contribution is -2.23. The molecular formula is C22H16N6O2. The van der Waals surface area contributed by atoms with Crippen molar-refractivity contribution in [3.05, 3.63) is 83.9 Å². The Labute approximate surface area is 172 Å². The molecule has 0 unspecified atom stereocenters. The smallest absolute Gasteiger partial charge is 0.308 e. The van der Waals surface area contributed by atoms with Crippen LogP contribution in [-0.4, -0.2) is 12.1 Å². The van der Waals surface area contributed by atoms with E-state index in [-0.39, 0.29) is 0 Å². The highest BCUT2D eigenvalue weighted by Crippen LogP contribution is 2.22. The number of hydrogen-bond donors (Lipinski definition) is 4. The number of nitrogens with one attached hydrogen (secondary N) is 4. The van der Waals surface area contributed by atoms with Gasteiger partial charge in [-0.05, 0) is 48.5 Å². The predicted octanol–water partition coefficient (Wildman–Crippen LogP) is 4.72. The number of rotatable bonds is 4. The van der Waals surface area contributed by atoms with Gasteiger partial charge in [-0.15, -0.1) is 0 Å². The van der Waals surface area contributed by atoms with Crippen LogP contribution in [0.25, 0.3) is 0 Å². The van der Waals surface area contributed by atoms with Gasteiger partial charge in [0.1, 0.15) is 0 Å². The molecule has 0 aromatic heterocycles. The summed E-state index contributed by atoms with van der Waals surface area (Å²) in [4.78, 5) is 24.6. The molecular weight excluding hydrogens is 380 g/mol. The Kier molecular flexibility index (Phi) is 6.24. The molecule has 30 heavy (non-hydrogen) atoms. The topological polar surface area (TPSA) is 130 Å². The van der Waals surface area contributed by atoms with Gasteiger partial charge in [0.15, 0.2) is 0 Å². The summed E-state index contributed by atoms with van der Waals surface area (Å²) >= 11 is 0. The van der Waals surface area contributed by atoms with Gasteiger partial charge in [-0.1, -0.05) is 24.3 Å². The second kappa shape index (κ2) is 9.40. The first-order chi connectivity index (χ1) is 14.6. The summed E-state index contributed by atoms with van der Waals surface area (Å²) in [6.07, 6.45) is 0. The molecule has 3 aromatic rings. The van der Waals surface area contributed by atoms with Crippen LogP contribution in [0.4, 0.5) is 32.3 Å². The molecule has 0 radical (unpaired) electrons. The summed E-state index contributed by atoms with van der Waals surface area (Å²) in [6, 6.07) is 22.7. The van der Waals surface area contributed by atoms with E-state index in [0.717, 1.165) is 0 Å². The lowest BCUT2D eigenvalue weighted by molar-refractivity contribution is 0.261. The van der Waals surface area contributed by atoms with Gasteiger partial charge in [0, 0.05) is 11.4 Å². The maximum absolute atomic E-state index is 12.3. The van der Waals surface area contributed by atoms with Gasteiger partial charge in [-0.2, -0.15) is 10.5 Å². The summed E-state index contributed by atoms with van der Waals surface area (Å²) in [5.41, 5.74) is 2.54. The third kappa shape index (κ3) is 5.35. The Hall–Kier alpha value is -4.82. The number of carbonyl (C=O) groups is 2. The van der Waals surface area contributed by atoms with E-state index in [0.29, 0.717) is 33.9 Å². The summed E-state index contributed by atoms with van der Waals surface area (Å²) in [6.45, 7) is 0. The van der Waals surface area contributed by atoms with E-state index >= 15 is 0 Å². The zero-order chi connectivity index (χ0) is 21.3. The highest BCUT2D eigenvalue weighted by Gasteiger charge is 2.10. The SMILES string of the molecule is N#Cc1cccc(NC(=O)Nc2ccccc2NC(=O)Nc2cccc(C#N)c2)c1. The minimum atomic E-state index is -0.526. The number of benzene rings is 3. The molecule has 0 aliphatic carbocycles. The van der Waals surface area contributed by atoms with Crippen LogP contribution in [0.15, 0.2) is 72.8 Å². The quantitative estimate of drug-likeness (QED) is 0.508. The van der Waals surface area contributed by atoms with Crippen LogP contribution >= 0.6 is 0 Å². The zero-order valence-corrected chi connectivity index (χ0v) is 15.6. The molecule has 0 saturated carbocycles. The molecule has 8 heteroatoms. The van der Waals surface area contributed by atoms with Gasteiger partial charge in [-0.3, -0.25) is 0 Å². The number of urea groups is 2. The monoisotopic (exact) mass is 396 g/mol. The molecule has 0 fully saturated rings. The Morgan fingerprint density at radius 3 is 1.43 bits per heavy atom. The van der Waals surface area contributed by atoms with Gasteiger partial charge in [0.05, 0.1) is 34.6 Å². The molecule has 4 amide bonds. The lowest BCUT2D eigenvalue weighted by Gasteiger charge is -2.13. The van der Waals surface area contributed by atoms with Crippen LogP contribution in [0.5, 0.6) is 0 Å². The molecule has 3 rings (SSSR count). The molecule has 0 spiro atoms. The minimum absolute atomic E-state index is 0.382. The highest BCUT2D eigenvalue weighted by atomic mass is 16.2. The third-order valence-electron chi connectivity index (χ3n) is 3.92. The Balaban J connectivity index is 1.66. The zero-order valence-electron chi connectivity index (χ0n) is 15.6. The number of nitriles is 2. The average molecular weight is 396 g/mol. The Bertz CT molecular complexity index is 1080. The normalized spacial score (nSPS) is 9.53. The van der Waals surface area contributed by atoms with Crippen molar-refractivity contribution in [2.75, 3.05) is 21.3 Å². The van der Waals surface area contributed by atoms with Gasteiger partial charge < -0.3 is 21.3 Å². The summed E-state index contributed by atoms with van der Waals surface area (Å²) < 4.78 is 0. The number of nitrogens with zero attached hydrogens (tertiary/aromatic N) is 2. The van der Waals surface area contributed by atoms with E-state index in [2.05, 4.69) is 21.3 Å². The van der Waals surface area contributed by atoms with Crippen LogP contribution in [0.2, 0.25) is 0 Å². The molecule has 0 saturated heterocycles. The molecule has 0 heterocycles. The fourth-order valence-corrected chi connectivity index (χ4v) is 2.60. The number of carbonyl (C=O) groups excluding carboxylic acids is 2. The van der Waals surface area contributed by atoms with Crippen molar-refractivity contribution in [3.8, 4) is 12.1 Å². The van der Waals surface area contributed by atoms with E-state index in [4.69, 9.17) is 10.5 Å². The molecule has 0 aliphatic heterocycles. The first kappa shape index (κ1) is 19.9. The van der Waals surface area contributed by atoms with Crippen molar-refractivity contribution < 1.29 is 9.59 Å². The fraction of sp³-hybridized carbons (Fsp3) is 0. The van der Waals surface area contributed by atoms with Crippen molar-refractivity contribution in [3.63, 3.8) is 0 Å². The molecule has 4 N–H and O–H groups in total. The summed E-state index contributed by atoms with van der Waals surface area (Å²) in [5, 5.41) is 28.5. The number of anilines is 4. The van der Waals surface area contributed by atoms with Gasteiger partial charge >= 0.3 is 12.1 Å². The van der Waals surface area contributed by atoms with Gasteiger partial charge in [0.2, 0.25) is 0 Å². The second-order valence-electron chi connectivity index (χ2n) is 6.09. The number of para-hydroxylation sites is 2. The van der Waals surface area contributed by atoms with Crippen LogP contribution in [0.1, 0.15) is 11.1 Å².